The number of aromatic nitrogens is 2. The number of hydrogen-bond donors (Lipinski definition) is 1. The monoisotopic (exact) mass is 535 g/mol. The van der Waals surface area contributed by atoms with Crippen LogP contribution in [0.1, 0.15) is 59.3 Å². The lowest BCUT2D eigenvalue weighted by Crippen LogP contribution is -2.36. The maximum absolute atomic E-state index is 12.9. The summed E-state index contributed by atoms with van der Waals surface area (Å²) in [4.78, 5) is 32.5. The van der Waals surface area contributed by atoms with Crippen molar-refractivity contribution in [3.63, 3.8) is 0 Å². The van der Waals surface area contributed by atoms with Gasteiger partial charge in [0.15, 0.2) is 0 Å². The van der Waals surface area contributed by atoms with E-state index in [-0.39, 0.29) is 30.9 Å². The first-order valence-electron chi connectivity index (χ1n) is 12.8. The molecule has 1 aromatic carbocycles. The Morgan fingerprint density at radius 3 is 2.79 bits per heavy atom. The van der Waals surface area contributed by atoms with E-state index in [9.17, 15) is 14.9 Å². The first-order chi connectivity index (χ1) is 18.3. The van der Waals surface area contributed by atoms with Gasteiger partial charge in [-0.05, 0) is 50.3 Å². The first kappa shape index (κ1) is 27.2. The average Bonchev–Trinajstić information content (AvgIpc) is 3.40. The van der Waals surface area contributed by atoms with Crippen molar-refractivity contribution in [1.29, 1.82) is 5.26 Å². The Morgan fingerprint density at radius 1 is 1.29 bits per heavy atom. The molecule has 38 heavy (non-hydrogen) atoms. The second-order valence-electron chi connectivity index (χ2n) is 9.35. The van der Waals surface area contributed by atoms with E-state index in [1.54, 1.807) is 4.90 Å². The van der Waals surface area contributed by atoms with E-state index in [1.807, 2.05) is 62.7 Å². The van der Waals surface area contributed by atoms with Gasteiger partial charge in [0.05, 0.1) is 31.0 Å². The Balaban J connectivity index is 1.36. The summed E-state index contributed by atoms with van der Waals surface area (Å²) in [6.07, 6.45) is 2.34. The smallest absolute Gasteiger partial charge is 0.410 e. The molecule has 1 unspecified atom stereocenters. The number of amides is 2. The molecular weight excluding hydrogens is 502 g/mol. The standard InChI is InChI=1S/C28H33N5O4S/c1-5-36-24-9-7-6-8-21(24)18(2)14-26(34)31-27-23(15-29)22-10-11-33(17-25(22)38-27)28(35)37-13-12-32-16-19(3)30-20(32)4/h6-9,16,18H,5,10-14,17H2,1-4H3,(H,31,34). The third kappa shape index (κ3) is 6.17. The highest BCUT2D eigenvalue weighted by Crippen LogP contribution is 2.37. The van der Waals surface area contributed by atoms with E-state index in [2.05, 4.69) is 16.4 Å². The molecular formula is C28H33N5O4S. The molecule has 10 heteroatoms. The molecule has 1 aliphatic heterocycles. The Kier molecular flexibility index (Phi) is 8.69. The predicted molar refractivity (Wildman–Crippen MR) is 145 cm³/mol. The SMILES string of the molecule is CCOc1ccccc1C(C)CC(=O)Nc1sc2c(c1C#N)CCN(C(=O)OCCn1cc(C)nc1C)C2. The molecule has 0 aliphatic carbocycles. The molecule has 4 rings (SSSR count). The Bertz CT molecular complexity index is 1360. The summed E-state index contributed by atoms with van der Waals surface area (Å²) in [5.74, 6) is 1.44. The number of nitriles is 1. The number of carbonyl (C=O) groups excluding carboxylic acids is 2. The third-order valence-corrected chi connectivity index (χ3v) is 7.71. The molecule has 0 radical (unpaired) electrons. The molecule has 2 aromatic heterocycles. The van der Waals surface area contributed by atoms with Crippen LogP contribution in [0.5, 0.6) is 5.75 Å². The number of carbonyl (C=O) groups is 2. The number of nitrogens with zero attached hydrogens (tertiary/aromatic N) is 4. The normalized spacial score (nSPS) is 13.4. The summed E-state index contributed by atoms with van der Waals surface area (Å²) in [5, 5.41) is 13.3. The number of rotatable bonds is 9. The molecule has 0 spiro atoms. The van der Waals surface area contributed by atoms with Crippen LogP contribution in [0.25, 0.3) is 0 Å². The molecule has 9 nitrogen and oxygen atoms in total. The number of anilines is 1. The Morgan fingerprint density at radius 2 is 2.08 bits per heavy atom. The first-order valence-corrected chi connectivity index (χ1v) is 13.6. The minimum absolute atomic E-state index is 0.0573. The average molecular weight is 536 g/mol. The molecule has 1 atom stereocenters. The number of benzene rings is 1. The van der Waals surface area contributed by atoms with E-state index in [0.717, 1.165) is 33.3 Å². The van der Waals surface area contributed by atoms with Gasteiger partial charge in [0.2, 0.25) is 5.91 Å². The minimum Gasteiger partial charge on any atom is -0.494 e. The van der Waals surface area contributed by atoms with Crippen LogP contribution in [0.2, 0.25) is 0 Å². The van der Waals surface area contributed by atoms with Gasteiger partial charge in [-0.15, -0.1) is 11.3 Å². The second kappa shape index (κ2) is 12.1. The maximum Gasteiger partial charge on any atom is 0.410 e. The van der Waals surface area contributed by atoms with Gasteiger partial charge >= 0.3 is 6.09 Å². The number of thiophene rings is 1. The second-order valence-corrected chi connectivity index (χ2v) is 10.5. The van der Waals surface area contributed by atoms with Gasteiger partial charge < -0.3 is 24.3 Å². The van der Waals surface area contributed by atoms with Crippen molar-refractivity contribution in [2.75, 3.05) is 25.1 Å². The number of hydrogen-bond acceptors (Lipinski definition) is 7. The van der Waals surface area contributed by atoms with Crippen molar-refractivity contribution in [2.45, 2.75) is 59.5 Å². The fourth-order valence-electron chi connectivity index (χ4n) is 4.72. The highest BCUT2D eigenvalue weighted by atomic mass is 32.1. The Labute approximate surface area is 227 Å². The van der Waals surface area contributed by atoms with Crippen molar-refractivity contribution in [3.8, 4) is 11.8 Å². The maximum atomic E-state index is 12.9. The molecule has 200 valence electrons. The molecule has 3 aromatic rings. The van der Waals surface area contributed by atoms with E-state index in [0.29, 0.717) is 43.2 Å². The van der Waals surface area contributed by atoms with Crippen molar-refractivity contribution >= 4 is 28.3 Å². The number of nitrogens with one attached hydrogen (secondary N) is 1. The lowest BCUT2D eigenvalue weighted by molar-refractivity contribution is -0.116. The third-order valence-electron chi connectivity index (χ3n) is 6.58. The van der Waals surface area contributed by atoms with Crippen LogP contribution in [0, 0.1) is 25.2 Å². The van der Waals surface area contributed by atoms with Crippen molar-refractivity contribution in [1.82, 2.24) is 14.5 Å². The van der Waals surface area contributed by atoms with Gasteiger partial charge in [0.1, 0.15) is 29.3 Å². The minimum atomic E-state index is -0.385. The topological polar surface area (TPSA) is 109 Å². The van der Waals surface area contributed by atoms with Crippen molar-refractivity contribution in [3.05, 3.63) is 63.5 Å². The molecule has 0 fully saturated rings. The highest BCUT2D eigenvalue weighted by molar-refractivity contribution is 7.16. The molecule has 1 N–H and O–H groups in total. The molecule has 3 heterocycles. The van der Waals surface area contributed by atoms with Crippen LogP contribution in [0.4, 0.5) is 9.80 Å². The summed E-state index contributed by atoms with van der Waals surface area (Å²) in [7, 11) is 0. The lowest BCUT2D eigenvalue weighted by atomic mass is 9.96. The van der Waals surface area contributed by atoms with Crippen LogP contribution in [-0.2, 0) is 29.0 Å². The van der Waals surface area contributed by atoms with E-state index in [1.165, 1.54) is 11.3 Å². The van der Waals surface area contributed by atoms with Gasteiger partial charge in [0, 0.05) is 24.0 Å². The van der Waals surface area contributed by atoms with Crippen molar-refractivity contribution < 1.29 is 19.1 Å². The van der Waals surface area contributed by atoms with Crippen LogP contribution >= 0.6 is 11.3 Å². The van der Waals surface area contributed by atoms with Crippen molar-refractivity contribution in [2.24, 2.45) is 0 Å². The van der Waals surface area contributed by atoms with Gasteiger partial charge in [-0.3, -0.25) is 4.79 Å². The predicted octanol–water partition coefficient (Wildman–Crippen LogP) is 5.16. The van der Waals surface area contributed by atoms with Gasteiger partial charge in [-0.1, -0.05) is 25.1 Å². The zero-order valence-corrected chi connectivity index (χ0v) is 23.1. The largest absolute Gasteiger partial charge is 0.494 e. The molecule has 1 aliphatic rings. The molecule has 0 saturated carbocycles. The van der Waals surface area contributed by atoms with Gasteiger partial charge in [-0.25, -0.2) is 9.78 Å². The number of para-hydroxylation sites is 1. The van der Waals surface area contributed by atoms with Crippen LogP contribution in [0.15, 0.2) is 30.5 Å². The number of fused-ring (bicyclic) bond motifs is 1. The van der Waals surface area contributed by atoms with E-state index >= 15 is 0 Å². The highest BCUT2D eigenvalue weighted by Gasteiger charge is 2.28. The zero-order chi connectivity index (χ0) is 27.2. The van der Waals surface area contributed by atoms with Crippen LogP contribution in [0.3, 0.4) is 0 Å². The lowest BCUT2D eigenvalue weighted by Gasteiger charge is -2.26. The summed E-state index contributed by atoms with van der Waals surface area (Å²) in [6, 6.07) is 9.98. The van der Waals surface area contributed by atoms with Gasteiger partial charge in [-0.2, -0.15) is 5.26 Å². The Hall–Kier alpha value is -3.84. The molecule has 2 amide bonds. The fraction of sp³-hybridized carbons (Fsp3) is 0.429. The zero-order valence-electron chi connectivity index (χ0n) is 22.2. The summed E-state index contributed by atoms with van der Waals surface area (Å²) < 4.78 is 13.2. The molecule has 0 saturated heterocycles. The number of imidazole rings is 1. The fourth-order valence-corrected chi connectivity index (χ4v) is 5.95. The van der Waals surface area contributed by atoms with Crippen LogP contribution in [-0.4, -0.2) is 46.2 Å². The number of aryl methyl sites for hydroxylation is 2. The molecule has 0 bridgehead atoms. The van der Waals surface area contributed by atoms with Crippen LogP contribution < -0.4 is 10.1 Å². The summed E-state index contributed by atoms with van der Waals surface area (Å²) in [5.41, 5.74) is 3.29. The van der Waals surface area contributed by atoms with E-state index in [4.69, 9.17) is 9.47 Å². The van der Waals surface area contributed by atoms with E-state index < -0.39 is 0 Å². The summed E-state index contributed by atoms with van der Waals surface area (Å²) >= 11 is 1.35. The number of ether oxygens (including phenoxy) is 2. The summed E-state index contributed by atoms with van der Waals surface area (Å²) in [6.45, 7) is 9.91. The van der Waals surface area contributed by atoms with Gasteiger partial charge in [0.25, 0.3) is 0 Å². The quantitative estimate of drug-likeness (QED) is 0.405.